The van der Waals surface area contributed by atoms with Crippen LogP contribution in [0.15, 0.2) is 41.1 Å². The van der Waals surface area contributed by atoms with Crippen LogP contribution >= 0.6 is 11.3 Å². The van der Waals surface area contributed by atoms with Crippen LogP contribution in [0.3, 0.4) is 0 Å². The highest BCUT2D eigenvalue weighted by molar-refractivity contribution is 7.08. The lowest BCUT2D eigenvalue weighted by Crippen LogP contribution is -2.35. The van der Waals surface area contributed by atoms with E-state index < -0.39 is 0 Å². The number of ether oxygens (including phenoxy) is 1. The highest BCUT2D eigenvalue weighted by Gasteiger charge is 2.26. The summed E-state index contributed by atoms with van der Waals surface area (Å²) in [7, 11) is 1.66. The van der Waals surface area contributed by atoms with Crippen molar-refractivity contribution in [2.24, 2.45) is 0 Å². The third-order valence-electron chi connectivity index (χ3n) is 5.21. The van der Waals surface area contributed by atoms with Crippen molar-refractivity contribution in [3.05, 3.63) is 52.2 Å². The first-order valence-electron chi connectivity index (χ1n) is 9.93. The van der Waals surface area contributed by atoms with Crippen LogP contribution in [-0.2, 0) is 4.79 Å². The molecule has 0 bridgehead atoms. The summed E-state index contributed by atoms with van der Waals surface area (Å²) in [6.07, 6.45) is 5.45. The van der Waals surface area contributed by atoms with Crippen molar-refractivity contribution >= 4 is 23.2 Å². The van der Waals surface area contributed by atoms with Gasteiger partial charge in [0.15, 0.2) is 0 Å². The van der Waals surface area contributed by atoms with Crippen LogP contribution < -0.4 is 10.1 Å². The van der Waals surface area contributed by atoms with Gasteiger partial charge in [0.2, 0.25) is 5.91 Å². The van der Waals surface area contributed by atoms with Gasteiger partial charge in [-0.2, -0.15) is 11.3 Å². The number of methoxy groups -OCH3 is 1. The van der Waals surface area contributed by atoms with E-state index in [1.807, 2.05) is 33.9 Å². The zero-order valence-electron chi connectivity index (χ0n) is 16.4. The first-order valence-corrected chi connectivity index (χ1v) is 10.9. The average Bonchev–Trinajstić information content (AvgIpc) is 3.16. The summed E-state index contributed by atoms with van der Waals surface area (Å²) in [6, 6.07) is 9.99. The van der Waals surface area contributed by atoms with Crippen molar-refractivity contribution in [2.75, 3.05) is 20.2 Å². The van der Waals surface area contributed by atoms with Crippen LogP contribution in [0.1, 0.15) is 60.5 Å². The Morgan fingerprint density at radius 1 is 1.18 bits per heavy atom. The number of hydrogen-bond donors (Lipinski definition) is 1. The molecule has 1 saturated heterocycles. The fourth-order valence-corrected chi connectivity index (χ4v) is 4.30. The zero-order chi connectivity index (χ0) is 19.8. The molecule has 0 saturated carbocycles. The number of likely N-dealkylation sites (tertiary alicyclic amines) is 1. The summed E-state index contributed by atoms with van der Waals surface area (Å²) in [4.78, 5) is 26.9. The van der Waals surface area contributed by atoms with Crippen molar-refractivity contribution in [1.82, 2.24) is 10.2 Å². The second-order valence-corrected chi connectivity index (χ2v) is 7.88. The summed E-state index contributed by atoms with van der Waals surface area (Å²) in [5.41, 5.74) is 1.85. The first-order chi connectivity index (χ1) is 13.7. The molecule has 1 fully saturated rings. The molecule has 1 unspecified atom stereocenters. The van der Waals surface area contributed by atoms with Crippen molar-refractivity contribution in [3.8, 4) is 5.75 Å². The van der Waals surface area contributed by atoms with Crippen molar-refractivity contribution in [2.45, 2.75) is 44.6 Å². The molecular formula is C22H28N2O3S. The van der Waals surface area contributed by atoms with Crippen LogP contribution in [0.25, 0.3) is 0 Å². The monoisotopic (exact) mass is 400 g/mol. The van der Waals surface area contributed by atoms with Gasteiger partial charge in [-0.15, -0.1) is 0 Å². The molecule has 2 aromatic rings. The van der Waals surface area contributed by atoms with E-state index in [4.69, 9.17) is 4.74 Å². The number of benzene rings is 1. The third-order valence-corrected chi connectivity index (χ3v) is 5.89. The summed E-state index contributed by atoms with van der Waals surface area (Å²) in [5.74, 6) is 0.934. The molecule has 150 valence electrons. The molecule has 0 aliphatic carbocycles. The van der Waals surface area contributed by atoms with Crippen molar-refractivity contribution in [1.29, 1.82) is 0 Å². The highest BCUT2D eigenvalue weighted by atomic mass is 32.1. The van der Waals surface area contributed by atoms with Crippen LogP contribution in [-0.4, -0.2) is 36.9 Å². The number of carbonyl (C=O) groups excluding carboxylic acids is 2. The summed E-state index contributed by atoms with van der Waals surface area (Å²) >= 11 is 1.50. The van der Waals surface area contributed by atoms with E-state index in [0.29, 0.717) is 24.9 Å². The molecule has 5 nitrogen and oxygen atoms in total. The standard InChI is InChI=1S/C22H28N2O3S/c1-27-19-10-8-17(9-11-19)20-6-3-2-4-14-24(20)21(25)7-5-13-23-22(26)18-12-15-28-16-18/h8-12,15-16,20H,2-7,13-14H2,1H3,(H,23,26). The van der Waals surface area contributed by atoms with Gasteiger partial charge in [-0.1, -0.05) is 25.0 Å². The normalized spacial score (nSPS) is 17.0. The maximum Gasteiger partial charge on any atom is 0.252 e. The van der Waals surface area contributed by atoms with Gasteiger partial charge in [-0.05, 0) is 48.4 Å². The first kappa shape index (κ1) is 20.4. The number of thiophene rings is 1. The van der Waals surface area contributed by atoms with Gasteiger partial charge in [0.1, 0.15) is 5.75 Å². The molecular weight excluding hydrogens is 372 g/mol. The fourth-order valence-electron chi connectivity index (χ4n) is 3.66. The van der Waals surface area contributed by atoms with Crippen LogP contribution in [0.5, 0.6) is 5.75 Å². The maximum atomic E-state index is 12.9. The Kier molecular flexibility index (Phi) is 7.48. The molecule has 28 heavy (non-hydrogen) atoms. The number of amides is 2. The fraction of sp³-hybridized carbons (Fsp3) is 0.455. The van der Waals surface area contributed by atoms with Crippen LogP contribution in [0.4, 0.5) is 0 Å². The van der Waals surface area contributed by atoms with E-state index in [2.05, 4.69) is 17.4 Å². The van der Waals surface area contributed by atoms with Crippen molar-refractivity contribution < 1.29 is 14.3 Å². The van der Waals surface area contributed by atoms with E-state index in [9.17, 15) is 9.59 Å². The minimum absolute atomic E-state index is 0.0698. The lowest BCUT2D eigenvalue weighted by molar-refractivity contribution is -0.133. The number of nitrogens with one attached hydrogen (secondary N) is 1. The highest BCUT2D eigenvalue weighted by Crippen LogP contribution is 2.31. The molecule has 2 amide bonds. The second-order valence-electron chi connectivity index (χ2n) is 7.10. The summed E-state index contributed by atoms with van der Waals surface area (Å²) < 4.78 is 5.25. The van der Waals surface area contributed by atoms with Gasteiger partial charge in [0, 0.05) is 30.5 Å². The number of nitrogens with zero attached hydrogens (tertiary/aromatic N) is 1. The van der Waals surface area contributed by atoms with E-state index in [1.165, 1.54) is 16.9 Å². The van der Waals surface area contributed by atoms with Gasteiger partial charge in [-0.3, -0.25) is 9.59 Å². The van der Waals surface area contributed by atoms with E-state index in [1.54, 1.807) is 7.11 Å². The predicted molar refractivity (Wildman–Crippen MR) is 112 cm³/mol. The molecule has 1 aromatic carbocycles. The quantitative estimate of drug-likeness (QED) is 0.701. The molecule has 6 heteroatoms. The average molecular weight is 401 g/mol. The third kappa shape index (κ3) is 5.35. The van der Waals surface area contributed by atoms with Gasteiger partial charge in [0.25, 0.3) is 5.91 Å². The molecule has 1 aliphatic heterocycles. The summed E-state index contributed by atoms with van der Waals surface area (Å²) in [6.45, 7) is 1.32. The van der Waals surface area contributed by atoms with Crippen LogP contribution in [0, 0.1) is 0 Å². The van der Waals surface area contributed by atoms with Crippen LogP contribution in [0.2, 0.25) is 0 Å². The maximum absolute atomic E-state index is 12.9. The Balaban J connectivity index is 1.55. The minimum atomic E-state index is -0.0698. The summed E-state index contributed by atoms with van der Waals surface area (Å²) in [5, 5.41) is 6.61. The SMILES string of the molecule is COc1ccc(C2CCCCCN2C(=O)CCCNC(=O)c2ccsc2)cc1. The Labute approximate surface area is 170 Å². The lowest BCUT2D eigenvalue weighted by atomic mass is 10.00. The smallest absolute Gasteiger partial charge is 0.252 e. The molecule has 1 aromatic heterocycles. The second kappa shape index (κ2) is 10.3. The molecule has 1 aliphatic rings. The Hall–Kier alpha value is -2.34. The topological polar surface area (TPSA) is 58.6 Å². The number of carbonyl (C=O) groups is 2. The number of hydrogen-bond acceptors (Lipinski definition) is 4. The Morgan fingerprint density at radius 3 is 2.71 bits per heavy atom. The number of rotatable bonds is 7. The predicted octanol–water partition coefficient (Wildman–Crippen LogP) is 4.41. The molecule has 1 atom stereocenters. The lowest BCUT2D eigenvalue weighted by Gasteiger charge is -2.31. The van der Waals surface area contributed by atoms with Gasteiger partial charge >= 0.3 is 0 Å². The Morgan fingerprint density at radius 2 is 2.00 bits per heavy atom. The minimum Gasteiger partial charge on any atom is -0.497 e. The van der Waals surface area contributed by atoms with E-state index >= 15 is 0 Å². The molecule has 2 heterocycles. The van der Waals surface area contributed by atoms with Crippen molar-refractivity contribution in [3.63, 3.8) is 0 Å². The molecule has 3 rings (SSSR count). The Bertz CT molecular complexity index is 759. The van der Waals surface area contributed by atoms with Gasteiger partial charge in [-0.25, -0.2) is 0 Å². The molecule has 0 radical (unpaired) electrons. The molecule has 0 spiro atoms. The van der Waals surface area contributed by atoms with E-state index in [0.717, 1.165) is 38.0 Å². The van der Waals surface area contributed by atoms with Gasteiger partial charge in [0.05, 0.1) is 13.2 Å². The zero-order valence-corrected chi connectivity index (χ0v) is 17.2. The molecule has 1 N–H and O–H groups in total. The largest absolute Gasteiger partial charge is 0.497 e. The van der Waals surface area contributed by atoms with Gasteiger partial charge < -0.3 is 15.0 Å². The van der Waals surface area contributed by atoms with E-state index in [-0.39, 0.29) is 17.9 Å².